The van der Waals surface area contributed by atoms with Crippen LogP contribution in [0.3, 0.4) is 0 Å². The normalized spacial score (nSPS) is 10.4. The van der Waals surface area contributed by atoms with E-state index in [4.69, 9.17) is 30.5 Å². The number of halogens is 1. The Morgan fingerprint density at radius 2 is 1.56 bits per heavy atom. The van der Waals surface area contributed by atoms with Gasteiger partial charge in [0.05, 0.1) is 21.3 Å². The van der Waals surface area contributed by atoms with Crippen molar-refractivity contribution in [2.45, 2.75) is 20.0 Å². The van der Waals surface area contributed by atoms with Crippen LogP contribution in [0.2, 0.25) is 5.02 Å². The molecule has 2 aromatic carbocycles. The molecule has 0 amide bonds. The van der Waals surface area contributed by atoms with Gasteiger partial charge in [-0.1, -0.05) is 24.2 Å². The fourth-order valence-corrected chi connectivity index (χ4v) is 2.74. The molecule has 0 aromatic heterocycles. The van der Waals surface area contributed by atoms with E-state index in [1.165, 1.54) is 0 Å². The lowest BCUT2D eigenvalue weighted by atomic mass is 10.1. The van der Waals surface area contributed by atoms with Crippen molar-refractivity contribution in [3.8, 4) is 23.0 Å². The summed E-state index contributed by atoms with van der Waals surface area (Å²) in [6.45, 7) is 7.47. The SMILES string of the molecule is C=C(C)COc1ccc(CNCc2cc(OC)c(OC)cc2Cl)cc1OC. The zero-order valence-electron chi connectivity index (χ0n) is 16.2. The molecule has 27 heavy (non-hydrogen) atoms. The summed E-state index contributed by atoms with van der Waals surface area (Å²) in [5.74, 6) is 2.66. The highest BCUT2D eigenvalue weighted by Gasteiger charge is 2.10. The van der Waals surface area contributed by atoms with Crippen LogP contribution in [0.25, 0.3) is 0 Å². The first-order valence-electron chi connectivity index (χ1n) is 8.53. The topological polar surface area (TPSA) is 49.0 Å². The van der Waals surface area contributed by atoms with Gasteiger partial charge >= 0.3 is 0 Å². The van der Waals surface area contributed by atoms with Crippen molar-refractivity contribution in [1.29, 1.82) is 0 Å². The van der Waals surface area contributed by atoms with Crippen LogP contribution in [0.5, 0.6) is 23.0 Å². The number of methoxy groups -OCH3 is 3. The minimum Gasteiger partial charge on any atom is -0.493 e. The number of hydrogen-bond donors (Lipinski definition) is 1. The molecule has 0 saturated heterocycles. The van der Waals surface area contributed by atoms with E-state index in [1.807, 2.05) is 31.2 Å². The number of nitrogens with one attached hydrogen (secondary N) is 1. The van der Waals surface area contributed by atoms with E-state index < -0.39 is 0 Å². The molecule has 0 spiro atoms. The summed E-state index contributed by atoms with van der Waals surface area (Å²) in [4.78, 5) is 0. The zero-order valence-corrected chi connectivity index (χ0v) is 17.0. The average Bonchev–Trinajstić information content (AvgIpc) is 2.67. The van der Waals surface area contributed by atoms with Crippen LogP contribution in [0.1, 0.15) is 18.1 Å². The third kappa shape index (κ3) is 5.81. The van der Waals surface area contributed by atoms with E-state index in [-0.39, 0.29) is 0 Å². The second-order valence-corrected chi connectivity index (χ2v) is 6.54. The van der Waals surface area contributed by atoms with Gasteiger partial charge in [-0.25, -0.2) is 0 Å². The number of benzene rings is 2. The number of hydrogen-bond acceptors (Lipinski definition) is 5. The van der Waals surface area contributed by atoms with Crippen molar-refractivity contribution in [3.63, 3.8) is 0 Å². The Morgan fingerprint density at radius 1 is 0.926 bits per heavy atom. The van der Waals surface area contributed by atoms with Gasteiger partial charge in [0.1, 0.15) is 6.61 Å². The quantitative estimate of drug-likeness (QED) is 0.599. The minimum atomic E-state index is 0.464. The first-order valence-corrected chi connectivity index (χ1v) is 8.91. The van der Waals surface area contributed by atoms with E-state index in [9.17, 15) is 0 Å². The standard InChI is InChI=1S/C21H26ClNO4/c1-14(2)13-27-18-7-6-15(8-19(18)24-3)11-23-12-16-9-20(25-4)21(26-5)10-17(16)22/h6-10,23H,1,11-13H2,2-5H3. The van der Waals surface area contributed by atoms with Crippen molar-refractivity contribution < 1.29 is 18.9 Å². The number of ether oxygens (including phenoxy) is 4. The Kier molecular flexibility index (Phi) is 7.82. The monoisotopic (exact) mass is 391 g/mol. The summed E-state index contributed by atoms with van der Waals surface area (Å²) in [6, 6.07) is 9.50. The van der Waals surface area contributed by atoms with Gasteiger partial charge in [0.2, 0.25) is 0 Å². The predicted octanol–water partition coefficient (Wildman–Crippen LogP) is 4.61. The Balaban J connectivity index is 2.02. The smallest absolute Gasteiger partial charge is 0.162 e. The van der Waals surface area contributed by atoms with Gasteiger partial charge in [-0.3, -0.25) is 0 Å². The summed E-state index contributed by atoms with van der Waals surface area (Å²) < 4.78 is 21.7. The lowest BCUT2D eigenvalue weighted by Crippen LogP contribution is -2.13. The molecule has 6 heteroatoms. The predicted molar refractivity (Wildman–Crippen MR) is 108 cm³/mol. The van der Waals surface area contributed by atoms with Crippen LogP contribution in [0.4, 0.5) is 0 Å². The third-order valence-electron chi connectivity index (χ3n) is 3.90. The first kappa shape index (κ1) is 20.9. The van der Waals surface area contributed by atoms with Crippen molar-refractivity contribution >= 4 is 11.6 Å². The molecule has 0 radical (unpaired) electrons. The van der Waals surface area contributed by atoms with Crippen LogP contribution in [-0.2, 0) is 13.1 Å². The molecule has 0 bridgehead atoms. The minimum absolute atomic E-state index is 0.464. The van der Waals surface area contributed by atoms with Gasteiger partial charge in [0.25, 0.3) is 0 Å². The molecular weight excluding hydrogens is 366 g/mol. The van der Waals surface area contributed by atoms with Gasteiger partial charge < -0.3 is 24.3 Å². The summed E-state index contributed by atoms with van der Waals surface area (Å²) in [5.41, 5.74) is 2.96. The lowest BCUT2D eigenvalue weighted by Gasteiger charge is -2.14. The second kappa shape index (κ2) is 10.1. The van der Waals surface area contributed by atoms with Gasteiger partial charge in [-0.05, 0) is 41.8 Å². The summed E-state index contributed by atoms with van der Waals surface area (Å²) in [6.07, 6.45) is 0. The fraction of sp³-hybridized carbons (Fsp3) is 0.333. The molecule has 2 rings (SSSR count). The molecule has 5 nitrogen and oxygen atoms in total. The van der Waals surface area contributed by atoms with E-state index in [0.29, 0.717) is 47.7 Å². The maximum absolute atomic E-state index is 6.33. The summed E-state index contributed by atoms with van der Waals surface area (Å²) in [7, 11) is 4.82. The molecule has 0 heterocycles. The van der Waals surface area contributed by atoms with E-state index in [2.05, 4.69) is 11.9 Å². The van der Waals surface area contributed by atoms with Crippen molar-refractivity contribution in [3.05, 3.63) is 58.6 Å². The van der Waals surface area contributed by atoms with Gasteiger partial charge in [-0.15, -0.1) is 0 Å². The van der Waals surface area contributed by atoms with Crippen LogP contribution in [0.15, 0.2) is 42.5 Å². The molecule has 0 saturated carbocycles. The van der Waals surface area contributed by atoms with E-state index in [0.717, 1.165) is 16.7 Å². The molecule has 0 aliphatic rings. The molecule has 0 fully saturated rings. The van der Waals surface area contributed by atoms with Crippen molar-refractivity contribution in [1.82, 2.24) is 5.32 Å². The highest BCUT2D eigenvalue weighted by Crippen LogP contribution is 2.33. The van der Waals surface area contributed by atoms with E-state index >= 15 is 0 Å². The van der Waals surface area contributed by atoms with Crippen molar-refractivity contribution in [2.75, 3.05) is 27.9 Å². The Bertz CT molecular complexity index is 792. The van der Waals surface area contributed by atoms with Crippen LogP contribution in [0, 0.1) is 0 Å². The third-order valence-corrected chi connectivity index (χ3v) is 4.25. The lowest BCUT2D eigenvalue weighted by molar-refractivity contribution is 0.319. The largest absolute Gasteiger partial charge is 0.493 e. The van der Waals surface area contributed by atoms with Crippen LogP contribution < -0.4 is 24.3 Å². The summed E-state index contributed by atoms with van der Waals surface area (Å²) in [5, 5.41) is 4.00. The Labute approximate surface area is 165 Å². The van der Waals surface area contributed by atoms with Gasteiger partial charge in [0.15, 0.2) is 23.0 Å². The van der Waals surface area contributed by atoms with Gasteiger partial charge in [0, 0.05) is 24.2 Å². The Hall–Kier alpha value is -2.37. The molecule has 1 N–H and O–H groups in total. The maximum atomic E-state index is 6.33. The molecule has 0 atom stereocenters. The Morgan fingerprint density at radius 3 is 2.19 bits per heavy atom. The molecule has 146 valence electrons. The fourth-order valence-electron chi connectivity index (χ4n) is 2.52. The second-order valence-electron chi connectivity index (χ2n) is 6.13. The number of rotatable bonds is 10. The summed E-state index contributed by atoms with van der Waals surface area (Å²) >= 11 is 6.33. The van der Waals surface area contributed by atoms with Crippen LogP contribution >= 0.6 is 11.6 Å². The highest BCUT2D eigenvalue weighted by molar-refractivity contribution is 6.31. The molecule has 0 unspecified atom stereocenters. The van der Waals surface area contributed by atoms with Crippen LogP contribution in [-0.4, -0.2) is 27.9 Å². The average molecular weight is 392 g/mol. The molecule has 2 aromatic rings. The zero-order chi connectivity index (χ0) is 19.8. The molecule has 0 aliphatic carbocycles. The van der Waals surface area contributed by atoms with Gasteiger partial charge in [-0.2, -0.15) is 0 Å². The molecule has 0 aliphatic heterocycles. The first-order chi connectivity index (χ1) is 13.0. The van der Waals surface area contributed by atoms with Crippen molar-refractivity contribution in [2.24, 2.45) is 0 Å². The maximum Gasteiger partial charge on any atom is 0.162 e. The van der Waals surface area contributed by atoms with E-state index in [1.54, 1.807) is 27.4 Å². The molecular formula is C21H26ClNO4. The highest BCUT2D eigenvalue weighted by atomic mass is 35.5.